The number of aliphatic hydroxyl groups is 1. The summed E-state index contributed by atoms with van der Waals surface area (Å²) >= 11 is 0. The third kappa shape index (κ3) is 3.28. The molecule has 6 heteroatoms. The molecular weight excluding hydrogens is 234 g/mol. The minimum atomic E-state index is -0.460. The highest BCUT2D eigenvalue weighted by molar-refractivity contribution is 4.97. The summed E-state index contributed by atoms with van der Waals surface area (Å²) < 4.78 is 10.2. The minimum absolute atomic E-state index is 0.165. The van der Waals surface area contributed by atoms with Crippen LogP contribution in [0.5, 0.6) is 0 Å². The molecule has 102 valence electrons. The van der Waals surface area contributed by atoms with Crippen LogP contribution in [-0.4, -0.2) is 52.6 Å². The molecule has 0 amide bonds. The van der Waals surface area contributed by atoms with Crippen molar-refractivity contribution in [2.24, 2.45) is 0 Å². The number of likely N-dealkylation sites (tertiary alicyclic amines) is 1. The molecule has 1 aromatic rings. The molecule has 0 saturated carbocycles. The van der Waals surface area contributed by atoms with Crippen LogP contribution in [-0.2, 0) is 4.74 Å². The zero-order valence-electron chi connectivity index (χ0n) is 11.0. The van der Waals surface area contributed by atoms with Gasteiger partial charge in [-0.2, -0.15) is 4.98 Å². The van der Waals surface area contributed by atoms with Gasteiger partial charge in [0.25, 0.3) is 0 Å². The maximum Gasteiger partial charge on any atom is 0.223 e. The van der Waals surface area contributed by atoms with Gasteiger partial charge in [-0.3, -0.25) is 4.90 Å². The molecular formula is C12H21N3O3. The fraction of sp³-hybridized carbons (Fsp3) is 0.833. The summed E-state index contributed by atoms with van der Waals surface area (Å²) in [5, 5.41) is 13.9. The number of nitrogens with zero attached hydrogens (tertiary/aromatic N) is 3. The van der Waals surface area contributed by atoms with E-state index in [2.05, 4.69) is 15.0 Å². The molecule has 2 unspecified atom stereocenters. The van der Waals surface area contributed by atoms with Crippen molar-refractivity contribution in [3.8, 4) is 0 Å². The smallest absolute Gasteiger partial charge is 0.223 e. The molecule has 6 nitrogen and oxygen atoms in total. The van der Waals surface area contributed by atoms with Gasteiger partial charge in [0, 0.05) is 20.1 Å². The van der Waals surface area contributed by atoms with Gasteiger partial charge in [-0.05, 0) is 26.3 Å². The van der Waals surface area contributed by atoms with Crippen molar-refractivity contribution in [2.75, 3.05) is 26.3 Å². The molecule has 1 aromatic heterocycles. The van der Waals surface area contributed by atoms with Crippen LogP contribution < -0.4 is 0 Å². The highest BCUT2D eigenvalue weighted by Crippen LogP contribution is 2.29. The van der Waals surface area contributed by atoms with Crippen molar-refractivity contribution in [3.05, 3.63) is 11.7 Å². The van der Waals surface area contributed by atoms with Gasteiger partial charge in [-0.1, -0.05) is 5.16 Å². The third-order valence-electron chi connectivity index (χ3n) is 3.16. The Balaban J connectivity index is 1.91. The summed E-state index contributed by atoms with van der Waals surface area (Å²) in [6, 6.07) is 0.165. The van der Waals surface area contributed by atoms with Gasteiger partial charge in [-0.15, -0.1) is 0 Å². The van der Waals surface area contributed by atoms with Crippen molar-refractivity contribution < 1.29 is 14.4 Å². The maximum atomic E-state index is 9.88. The molecule has 1 aliphatic heterocycles. The van der Waals surface area contributed by atoms with Crippen LogP contribution in [0, 0.1) is 6.92 Å². The predicted molar refractivity (Wildman–Crippen MR) is 65.1 cm³/mol. The third-order valence-corrected chi connectivity index (χ3v) is 3.16. The molecule has 1 fully saturated rings. The number of rotatable bonds is 6. The van der Waals surface area contributed by atoms with Gasteiger partial charge in [0.15, 0.2) is 5.82 Å². The fourth-order valence-electron chi connectivity index (χ4n) is 2.36. The van der Waals surface area contributed by atoms with E-state index in [-0.39, 0.29) is 6.04 Å². The largest absolute Gasteiger partial charge is 0.389 e. The number of aryl methyl sites for hydroxylation is 1. The summed E-state index contributed by atoms with van der Waals surface area (Å²) in [6.07, 6.45) is 1.65. The van der Waals surface area contributed by atoms with E-state index < -0.39 is 6.10 Å². The average molecular weight is 255 g/mol. The zero-order chi connectivity index (χ0) is 13.0. The Morgan fingerprint density at radius 3 is 3.11 bits per heavy atom. The van der Waals surface area contributed by atoms with Crippen LogP contribution >= 0.6 is 0 Å². The summed E-state index contributed by atoms with van der Waals surface area (Å²) in [5.74, 6) is 1.32. The first-order valence-electron chi connectivity index (χ1n) is 6.50. The topological polar surface area (TPSA) is 71.6 Å². The second kappa shape index (κ2) is 6.26. The Morgan fingerprint density at radius 2 is 2.44 bits per heavy atom. The Hall–Kier alpha value is -0.980. The van der Waals surface area contributed by atoms with Crippen molar-refractivity contribution >= 4 is 0 Å². The van der Waals surface area contributed by atoms with E-state index in [1.807, 2.05) is 6.92 Å². The van der Waals surface area contributed by atoms with Crippen LogP contribution in [0.25, 0.3) is 0 Å². The van der Waals surface area contributed by atoms with Gasteiger partial charge >= 0.3 is 0 Å². The van der Waals surface area contributed by atoms with Crippen molar-refractivity contribution in [1.82, 2.24) is 15.0 Å². The predicted octanol–water partition coefficient (Wildman–Crippen LogP) is 0.912. The summed E-state index contributed by atoms with van der Waals surface area (Å²) in [5.41, 5.74) is 0. The highest BCUT2D eigenvalue weighted by Gasteiger charge is 2.30. The van der Waals surface area contributed by atoms with Crippen LogP contribution in [0.2, 0.25) is 0 Å². The second-order valence-corrected chi connectivity index (χ2v) is 4.64. The normalized spacial score (nSPS) is 22.5. The van der Waals surface area contributed by atoms with Gasteiger partial charge in [0.05, 0.1) is 18.8 Å². The molecule has 0 radical (unpaired) electrons. The van der Waals surface area contributed by atoms with Crippen LogP contribution in [0.4, 0.5) is 0 Å². The Labute approximate surface area is 107 Å². The number of β-amino-alcohol motifs (C(OH)–C–C–N with tert-alkyl or cyclic N) is 1. The van der Waals surface area contributed by atoms with E-state index in [9.17, 15) is 5.11 Å². The number of hydrogen-bond acceptors (Lipinski definition) is 6. The van der Waals surface area contributed by atoms with Gasteiger partial charge < -0.3 is 14.4 Å². The lowest BCUT2D eigenvalue weighted by Crippen LogP contribution is -2.35. The van der Waals surface area contributed by atoms with Crippen molar-refractivity contribution in [2.45, 2.75) is 38.8 Å². The molecule has 1 N–H and O–H groups in total. The van der Waals surface area contributed by atoms with Gasteiger partial charge in [-0.25, -0.2) is 0 Å². The summed E-state index contributed by atoms with van der Waals surface area (Å²) in [7, 11) is 0. The summed E-state index contributed by atoms with van der Waals surface area (Å²) in [6.45, 7) is 6.28. The summed E-state index contributed by atoms with van der Waals surface area (Å²) in [4.78, 5) is 6.48. The van der Waals surface area contributed by atoms with E-state index in [1.54, 1.807) is 6.92 Å². The molecule has 0 aliphatic carbocycles. The van der Waals surface area contributed by atoms with Crippen LogP contribution in [0.3, 0.4) is 0 Å². The molecule has 18 heavy (non-hydrogen) atoms. The highest BCUT2D eigenvalue weighted by atomic mass is 16.5. The lowest BCUT2D eigenvalue weighted by Gasteiger charge is -2.24. The molecule has 1 saturated heterocycles. The molecule has 0 aromatic carbocycles. The lowest BCUT2D eigenvalue weighted by atomic mass is 10.2. The van der Waals surface area contributed by atoms with Gasteiger partial charge in [0.1, 0.15) is 0 Å². The van der Waals surface area contributed by atoms with Crippen molar-refractivity contribution in [1.29, 1.82) is 0 Å². The van der Waals surface area contributed by atoms with E-state index in [1.165, 1.54) is 0 Å². The quantitative estimate of drug-likeness (QED) is 0.814. The van der Waals surface area contributed by atoms with E-state index in [0.29, 0.717) is 25.6 Å². The standard InChI is InChI=1S/C12H21N3O3/c1-3-17-8-10(16)7-15-6-4-5-11(15)12-13-9(2)18-14-12/h10-11,16H,3-8H2,1-2H3. The number of hydrogen-bond donors (Lipinski definition) is 1. The van der Waals surface area contributed by atoms with E-state index >= 15 is 0 Å². The Kier molecular flexibility index (Phi) is 4.68. The van der Waals surface area contributed by atoms with E-state index in [4.69, 9.17) is 9.26 Å². The molecule has 1 aliphatic rings. The molecule has 2 rings (SSSR count). The lowest BCUT2D eigenvalue weighted by molar-refractivity contribution is 0.0179. The Morgan fingerprint density at radius 1 is 1.61 bits per heavy atom. The van der Waals surface area contributed by atoms with Crippen LogP contribution in [0.15, 0.2) is 4.52 Å². The first kappa shape index (κ1) is 13.5. The number of ether oxygens (including phenoxy) is 1. The molecule has 0 bridgehead atoms. The average Bonchev–Trinajstić information content (AvgIpc) is 2.95. The number of aliphatic hydroxyl groups excluding tert-OH is 1. The monoisotopic (exact) mass is 255 g/mol. The first-order chi connectivity index (χ1) is 8.70. The van der Waals surface area contributed by atoms with Crippen molar-refractivity contribution in [3.63, 3.8) is 0 Å². The Bertz CT molecular complexity index is 369. The first-order valence-corrected chi connectivity index (χ1v) is 6.50. The zero-order valence-corrected chi connectivity index (χ0v) is 11.0. The minimum Gasteiger partial charge on any atom is -0.389 e. The maximum absolute atomic E-state index is 9.88. The SMILES string of the molecule is CCOCC(O)CN1CCCC1c1noc(C)n1. The van der Waals surface area contributed by atoms with Gasteiger partial charge in [0.2, 0.25) is 5.89 Å². The van der Waals surface area contributed by atoms with E-state index in [0.717, 1.165) is 25.2 Å². The molecule has 0 spiro atoms. The number of aromatic nitrogens is 2. The molecule has 2 atom stereocenters. The fourth-order valence-corrected chi connectivity index (χ4v) is 2.36. The second-order valence-electron chi connectivity index (χ2n) is 4.64. The van der Waals surface area contributed by atoms with Crippen LogP contribution in [0.1, 0.15) is 37.5 Å². The molecule has 2 heterocycles.